The number of rotatable bonds is 5. The number of aromatic nitrogens is 3. The molecule has 1 amide bonds. The summed E-state index contributed by atoms with van der Waals surface area (Å²) < 4.78 is 35.3. The summed E-state index contributed by atoms with van der Waals surface area (Å²) in [6.07, 6.45) is 4.18. The summed E-state index contributed by atoms with van der Waals surface area (Å²) in [5, 5.41) is 7.97. The maximum Gasteiger partial charge on any atom is 0.255 e. The minimum Gasteiger partial charge on any atom is -0.495 e. The molecule has 4 rings (SSSR count). The van der Waals surface area contributed by atoms with Gasteiger partial charge >= 0.3 is 0 Å². The van der Waals surface area contributed by atoms with Gasteiger partial charge in [-0.2, -0.15) is 9.40 Å². The van der Waals surface area contributed by atoms with Crippen LogP contribution >= 0.6 is 0 Å². The number of hydrogen-bond donors (Lipinski definition) is 1. The molecule has 1 saturated heterocycles. The lowest BCUT2D eigenvalue weighted by molar-refractivity contribution is 0.102. The number of aryl methyl sites for hydroxylation is 2. The van der Waals surface area contributed by atoms with E-state index in [1.807, 2.05) is 20.9 Å². The Morgan fingerprint density at radius 3 is 2.75 bits per heavy atom. The zero-order valence-electron chi connectivity index (χ0n) is 18.6. The Morgan fingerprint density at radius 1 is 1.25 bits per heavy atom. The van der Waals surface area contributed by atoms with Crippen LogP contribution < -0.4 is 10.1 Å². The molecule has 0 bridgehead atoms. The van der Waals surface area contributed by atoms with Crippen LogP contribution in [0.5, 0.6) is 5.75 Å². The SMILES string of the molecule is COc1ccc(C(=O)Nc2cnc3c(c2)c(C)nn3C)cc1S(=O)(=O)N1CCCC[C@H]1C. The Balaban J connectivity index is 1.66. The molecule has 9 nitrogen and oxygen atoms in total. The first kappa shape index (κ1) is 22.2. The molecule has 1 aliphatic rings. The molecule has 1 N–H and O–H groups in total. The van der Waals surface area contributed by atoms with Gasteiger partial charge in [0.25, 0.3) is 5.91 Å². The van der Waals surface area contributed by atoms with Crippen molar-refractivity contribution in [3.8, 4) is 5.75 Å². The quantitative estimate of drug-likeness (QED) is 0.631. The summed E-state index contributed by atoms with van der Waals surface area (Å²) in [4.78, 5) is 17.3. The fourth-order valence-electron chi connectivity index (χ4n) is 4.15. The van der Waals surface area contributed by atoms with E-state index in [-0.39, 0.29) is 22.3 Å². The summed E-state index contributed by atoms with van der Waals surface area (Å²) in [7, 11) is -0.579. The molecule has 0 unspecified atom stereocenters. The molecule has 1 aliphatic heterocycles. The van der Waals surface area contributed by atoms with Crippen LogP contribution in [0.3, 0.4) is 0 Å². The number of carbonyl (C=O) groups is 1. The second kappa shape index (κ2) is 8.51. The minimum atomic E-state index is -3.81. The smallest absolute Gasteiger partial charge is 0.255 e. The van der Waals surface area contributed by atoms with Crippen LogP contribution in [0.1, 0.15) is 42.2 Å². The topological polar surface area (TPSA) is 106 Å². The van der Waals surface area contributed by atoms with E-state index in [0.717, 1.165) is 30.3 Å². The molecule has 1 fully saturated rings. The Labute approximate surface area is 187 Å². The van der Waals surface area contributed by atoms with E-state index >= 15 is 0 Å². The fourth-order valence-corrected chi connectivity index (χ4v) is 6.04. The van der Waals surface area contributed by atoms with Crippen molar-refractivity contribution in [3.05, 3.63) is 41.7 Å². The van der Waals surface area contributed by atoms with Gasteiger partial charge in [-0.3, -0.25) is 9.48 Å². The van der Waals surface area contributed by atoms with Crippen molar-refractivity contribution in [2.24, 2.45) is 7.05 Å². The summed E-state index contributed by atoms with van der Waals surface area (Å²) in [5.74, 6) is -0.216. The molecule has 3 heterocycles. The third-order valence-corrected chi connectivity index (χ3v) is 7.91. The average molecular weight is 458 g/mol. The number of nitrogens with zero attached hydrogens (tertiary/aromatic N) is 4. The summed E-state index contributed by atoms with van der Waals surface area (Å²) >= 11 is 0. The van der Waals surface area contributed by atoms with Gasteiger partial charge in [0.15, 0.2) is 5.65 Å². The van der Waals surface area contributed by atoms with Crippen LogP contribution in [0.4, 0.5) is 5.69 Å². The van der Waals surface area contributed by atoms with Crippen LogP contribution in [0.2, 0.25) is 0 Å². The van der Waals surface area contributed by atoms with Crippen molar-refractivity contribution in [2.75, 3.05) is 19.0 Å². The van der Waals surface area contributed by atoms with Gasteiger partial charge in [-0.05, 0) is 51.0 Å². The largest absolute Gasteiger partial charge is 0.495 e. The van der Waals surface area contributed by atoms with Crippen molar-refractivity contribution in [2.45, 2.75) is 44.0 Å². The van der Waals surface area contributed by atoms with Crippen molar-refractivity contribution >= 4 is 32.7 Å². The molecule has 2 aromatic heterocycles. The highest BCUT2D eigenvalue weighted by molar-refractivity contribution is 7.89. The van der Waals surface area contributed by atoms with Gasteiger partial charge in [-0.1, -0.05) is 6.42 Å². The van der Waals surface area contributed by atoms with E-state index in [1.54, 1.807) is 23.0 Å². The molecule has 10 heteroatoms. The number of carbonyl (C=O) groups excluding carboxylic acids is 1. The van der Waals surface area contributed by atoms with E-state index in [4.69, 9.17) is 4.74 Å². The molecule has 1 aromatic carbocycles. The normalized spacial score (nSPS) is 17.4. The molecular formula is C22H27N5O4S. The molecule has 32 heavy (non-hydrogen) atoms. The zero-order chi connectivity index (χ0) is 23.0. The van der Waals surface area contributed by atoms with E-state index in [1.165, 1.54) is 23.5 Å². The second-order valence-electron chi connectivity index (χ2n) is 8.08. The Hall–Kier alpha value is -2.98. The zero-order valence-corrected chi connectivity index (χ0v) is 19.4. The highest BCUT2D eigenvalue weighted by Gasteiger charge is 2.33. The first-order valence-corrected chi connectivity index (χ1v) is 12.0. The molecule has 3 aromatic rings. The van der Waals surface area contributed by atoms with Crippen LogP contribution in [-0.4, -0.2) is 53.1 Å². The molecule has 0 saturated carbocycles. The number of hydrogen-bond acceptors (Lipinski definition) is 6. The number of ether oxygens (including phenoxy) is 1. The first-order valence-electron chi connectivity index (χ1n) is 10.5. The minimum absolute atomic E-state index is 0.00178. The maximum absolute atomic E-state index is 13.4. The van der Waals surface area contributed by atoms with Gasteiger partial charge in [-0.15, -0.1) is 0 Å². The number of sulfonamides is 1. The monoisotopic (exact) mass is 457 g/mol. The predicted octanol–water partition coefficient (Wildman–Crippen LogP) is 3.10. The van der Waals surface area contributed by atoms with Crippen molar-refractivity contribution < 1.29 is 17.9 Å². The third kappa shape index (κ3) is 3.95. The highest BCUT2D eigenvalue weighted by Crippen LogP contribution is 2.32. The van der Waals surface area contributed by atoms with Gasteiger partial charge in [0.2, 0.25) is 10.0 Å². The molecular weight excluding hydrogens is 430 g/mol. The first-order chi connectivity index (χ1) is 15.2. The average Bonchev–Trinajstić information content (AvgIpc) is 3.06. The Kier molecular flexibility index (Phi) is 5.91. The third-order valence-electron chi connectivity index (χ3n) is 5.88. The lowest BCUT2D eigenvalue weighted by Crippen LogP contribution is -2.42. The van der Waals surface area contributed by atoms with Crippen LogP contribution in [0.25, 0.3) is 11.0 Å². The Bertz CT molecular complexity index is 1280. The lowest BCUT2D eigenvalue weighted by Gasteiger charge is -2.32. The lowest BCUT2D eigenvalue weighted by atomic mass is 10.1. The molecule has 0 radical (unpaired) electrons. The van der Waals surface area contributed by atoms with Gasteiger partial charge < -0.3 is 10.1 Å². The molecule has 0 spiro atoms. The van der Waals surface area contributed by atoms with E-state index in [0.29, 0.717) is 17.9 Å². The number of fused-ring (bicyclic) bond motifs is 1. The highest BCUT2D eigenvalue weighted by atomic mass is 32.2. The summed E-state index contributed by atoms with van der Waals surface area (Å²) in [6, 6.07) is 6.15. The van der Waals surface area contributed by atoms with Gasteiger partial charge in [0.05, 0.1) is 24.7 Å². The number of benzene rings is 1. The van der Waals surface area contributed by atoms with Crippen LogP contribution in [0.15, 0.2) is 35.4 Å². The van der Waals surface area contributed by atoms with Gasteiger partial charge in [0.1, 0.15) is 10.6 Å². The van der Waals surface area contributed by atoms with Crippen LogP contribution in [-0.2, 0) is 17.1 Å². The molecule has 1 atom stereocenters. The maximum atomic E-state index is 13.4. The van der Waals surface area contributed by atoms with Crippen molar-refractivity contribution in [3.63, 3.8) is 0 Å². The molecule has 170 valence electrons. The fraction of sp³-hybridized carbons (Fsp3) is 0.409. The number of methoxy groups -OCH3 is 1. The number of amides is 1. The number of nitrogens with one attached hydrogen (secondary N) is 1. The predicted molar refractivity (Wildman–Crippen MR) is 121 cm³/mol. The van der Waals surface area contributed by atoms with E-state index in [9.17, 15) is 13.2 Å². The summed E-state index contributed by atoms with van der Waals surface area (Å²) in [5.41, 5.74) is 2.24. The van der Waals surface area contributed by atoms with Crippen LogP contribution in [0, 0.1) is 6.92 Å². The second-order valence-corrected chi connectivity index (χ2v) is 9.94. The summed E-state index contributed by atoms with van der Waals surface area (Å²) in [6.45, 7) is 4.24. The molecule has 0 aliphatic carbocycles. The van der Waals surface area contributed by atoms with Gasteiger partial charge in [0, 0.05) is 30.6 Å². The number of piperidine rings is 1. The van der Waals surface area contributed by atoms with Crippen molar-refractivity contribution in [1.82, 2.24) is 19.1 Å². The van der Waals surface area contributed by atoms with Crippen molar-refractivity contribution in [1.29, 1.82) is 0 Å². The van der Waals surface area contributed by atoms with Gasteiger partial charge in [-0.25, -0.2) is 13.4 Å². The Morgan fingerprint density at radius 2 is 2.03 bits per heavy atom. The standard InChI is InChI=1S/C22H27N5O4S/c1-14-7-5-6-10-27(14)32(29,30)20-11-16(8-9-19(20)31-4)22(28)24-17-12-18-15(2)25-26(3)21(18)23-13-17/h8-9,11-14H,5-7,10H2,1-4H3,(H,24,28)/t14-/m1/s1. The number of anilines is 1. The van der Waals surface area contributed by atoms with E-state index in [2.05, 4.69) is 15.4 Å². The number of pyridine rings is 1. The van der Waals surface area contributed by atoms with E-state index < -0.39 is 15.9 Å².